The highest BCUT2D eigenvalue weighted by molar-refractivity contribution is 5.80. The van der Waals surface area contributed by atoms with Crippen molar-refractivity contribution >= 4 is 11.8 Å². The van der Waals surface area contributed by atoms with Gasteiger partial charge in [0.05, 0.1) is 13.0 Å². The summed E-state index contributed by atoms with van der Waals surface area (Å²) in [5, 5.41) is 3.04. The smallest absolute Gasteiger partial charge is 0.248 e. The fourth-order valence-electron chi connectivity index (χ4n) is 3.66. The number of piperidine rings is 1. The molecule has 3 aliphatic rings. The molecule has 0 spiro atoms. The van der Waals surface area contributed by atoms with Crippen molar-refractivity contribution in [3.63, 3.8) is 0 Å². The summed E-state index contributed by atoms with van der Waals surface area (Å²) in [7, 11) is 0. The van der Waals surface area contributed by atoms with Crippen LogP contribution in [0.5, 0.6) is 0 Å². The number of halogens is 1. The second-order valence-corrected chi connectivity index (χ2v) is 7.48. The van der Waals surface area contributed by atoms with Gasteiger partial charge in [0.25, 0.3) is 0 Å². The van der Waals surface area contributed by atoms with Crippen molar-refractivity contribution in [1.82, 2.24) is 10.2 Å². The van der Waals surface area contributed by atoms with Gasteiger partial charge in [-0.05, 0) is 36.5 Å². The SMILES string of the molecule is O=C(Cc1ccc(F)cc1)NC1[C@H]2CN(C(=O)COCC3CC3)C[C@@H]12. The van der Waals surface area contributed by atoms with Gasteiger partial charge in [0.2, 0.25) is 11.8 Å². The van der Waals surface area contributed by atoms with Crippen LogP contribution in [0.3, 0.4) is 0 Å². The predicted octanol–water partition coefficient (Wildman–Crippen LogP) is 1.37. The molecule has 1 aliphatic heterocycles. The number of benzene rings is 1. The zero-order valence-electron chi connectivity index (χ0n) is 14.1. The van der Waals surface area contributed by atoms with Crippen LogP contribution in [0.4, 0.5) is 4.39 Å². The van der Waals surface area contributed by atoms with Crippen LogP contribution < -0.4 is 5.32 Å². The quantitative estimate of drug-likeness (QED) is 0.811. The molecule has 3 atom stereocenters. The maximum Gasteiger partial charge on any atom is 0.248 e. The summed E-state index contributed by atoms with van der Waals surface area (Å²) in [6.07, 6.45) is 2.70. The Morgan fingerprint density at radius 1 is 1.16 bits per heavy atom. The van der Waals surface area contributed by atoms with Gasteiger partial charge in [0.15, 0.2) is 0 Å². The Hall–Kier alpha value is -1.95. The molecular formula is C19H23FN2O3. The minimum atomic E-state index is -0.299. The topological polar surface area (TPSA) is 58.6 Å². The van der Waals surface area contributed by atoms with E-state index in [1.807, 2.05) is 4.90 Å². The first-order valence-electron chi connectivity index (χ1n) is 8.99. The molecule has 6 heteroatoms. The summed E-state index contributed by atoms with van der Waals surface area (Å²) in [6.45, 7) is 2.29. The Kier molecular flexibility index (Phi) is 4.46. The molecule has 1 saturated heterocycles. The van der Waals surface area contributed by atoms with Crippen LogP contribution in [0.25, 0.3) is 0 Å². The number of likely N-dealkylation sites (tertiary alicyclic amines) is 1. The van der Waals surface area contributed by atoms with E-state index in [-0.39, 0.29) is 36.7 Å². The zero-order valence-corrected chi connectivity index (χ0v) is 14.1. The van der Waals surface area contributed by atoms with Crippen molar-refractivity contribution in [2.24, 2.45) is 17.8 Å². The molecule has 2 aliphatic carbocycles. The summed E-state index contributed by atoms with van der Waals surface area (Å²) in [4.78, 5) is 26.0. The zero-order chi connectivity index (χ0) is 17.4. The number of nitrogens with zero attached hydrogens (tertiary/aromatic N) is 1. The largest absolute Gasteiger partial charge is 0.371 e. The van der Waals surface area contributed by atoms with E-state index >= 15 is 0 Å². The van der Waals surface area contributed by atoms with Crippen molar-refractivity contribution < 1.29 is 18.7 Å². The van der Waals surface area contributed by atoms with Gasteiger partial charge in [0.1, 0.15) is 12.4 Å². The Morgan fingerprint density at radius 3 is 2.48 bits per heavy atom. The Labute approximate surface area is 146 Å². The van der Waals surface area contributed by atoms with Gasteiger partial charge in [-0.3, -0.25) is 9.59 Å². The number of fused-ring (bicyclic) bond motifs is 1. The number of amides is 2. The number of rotatable bonds is 7. The summed E-state index contributed by atoms with van der Waals surface area (Å²) >= 11 is 0. The Balaban J connectivity index is 1.17. The molecule has 1 aromatic carbocycles. The molecule has 134 valence electrons. The first-order chi connectivity index (χ1) is 12.1. The van der Waals surface area contributed by atoms with Gasteiger partial charge in [-0.2, -0.15) is 0 Å². The third-order valence-corrected chi connectivity index (χ3v) is 5.43. The van der Waals surface area contributed by atoms with Crippen LogP contribution in [0.15, 0.2) is 24.3 Å². The van der Waals surface area contributed by atoms with Gasteiger partial charge in [-0.1, -0.05) is 12.1 Å². The van der Waals surface area contributed by atoms with Gasteiger partial charge < -0.3 is 15.0 Å². The summed E-state index contributed by atoms with van der Waals surface area (Å²) in [6, 6.07) is 6.16. The third kappa shape index (κ3) is 4.00. The fraction of sp³-hybridized carbons (Fsp3) is 0.579. The van der Waals surface area contributed by atoms with Crippen molar-refractivity contribution in [2.75, 3.05) is 26.3 Å². The standard InChI is InChI=1S/C19H23FN2O3/c20-14-5-3-12(4-6-14)7-17(23)21-19-15-8-22(9-16(15)19)18(24)11-25-10-13-1-2-13/h3-6,13,15-16,19H,1-2,7-11H2,(H,21,23)/t15-,16+,19?. The first-order valence-corrected chi connectivity index (χ1v) is 8.99. The van der Waals surface area contributed by atoms with Crippen LogP contribution in [-0.2, 0) is 20.7 Å². The van der Waals surface area contributed by atoms with Gasteiger partial charge in [-0.15, -0.1) is 0 Å². The Bertz CT molecular complexity index is 647. The second-order valence-electron chi connectivity index (χ2n) is 7.48. The average Bonchev–Trinajstić information content (AvgIpc) is 3.47. The van der Waals surface area contributed by atoms with Gasteiger partial charge >= 0.3 is 0 Å². The molecule has 1 unspecified atom stereocenters. The lowest BCUT2D eigenvalue weighted by Crippen LogP contribution is -2.39. The van der Waals surface area contributed by atoms with E-state index in [4.69, 9.17) is 4.74 Å². The predicted molar refractivity (Wildman–Crippen MR) is 89.1 cm³/mol. The molecular weight excluding hydrogens is 323 g/mol. The number of hydrogen-bond donors (Lipinski definition) is 1. The van der Waals surface area contributed by atoms with E-state index < -0.39 is 0 Å². The summed E-state index contributed by atoms with van der Waals surface area (Å²) in [5.74, 6) is 1.11. The molecule has 1 heterocycles. The minimum Gasteiger partial charge on any atom is -0.371 e. The van der Waals surface area contributed by atoms with Crippen LogP contribution in [0, 0.1) is 23.6 Å². The number of carbonyl (C=O) groups is 2. The number of carbonyl (C=O) groups excluding carboxylic acids is 2. The molecule has 0 radical (unpaired) electrons. The van der Waals surface area contributed by atoms with Gasteiger partial charge in [-0.25, -0.2) is 4.39 Å². The highest BCUT2D eigenvalue weighted by atomic mass is 19.1. The number of hydrogen-bond acceptors (Lipinski definition) is 3. The van der Waals surface area contributed by atoms with Crippen molar-refractivity contribution in [2.45, 2.75) is 25.3 Å². The van der Waals surface area contributed by atoms with E-state index in [1.54, 1.807) is 12.1 Å². The van der Waals surface area contributed by atoms with E-state index in [0.29, 0.717) is 37.5 Å². The van der Waals surface area contributed by atoms with E-state index in [1.165, 1.54) is 25.0 Å². The number of nitrogens with one attached hydrogen (secondary N) is 1. The second kappa shape index (κ2) is 6.75. The highest BCUT2D eigenvalue weighted by Crippen LogP contribution is 2.45. The molecule has 1 N–H and O–H groups in total. The molecule has 25 heavy (non-hydrogen) atoms. The summed E-state index contributed by atoms with van der Waals surface area (Å²) < 4.78 is 18.3. The van der Waals surface area contributed by atoms with Crippen LogP contribution >= 0.6 is 0 Å². The molecule has 1 aromatic rings. The maximum atomic E-state index is 12.9. The van der Waals surface area contributed by atoms with Crippen LogP contribution in [0.2, 0.25) is 0 Å². The maximum absolute atomic E-state index is 12.9. The van der Waals surface area contributed by atoms with Crippen molar-refractivity contribution in [3.8, 4) is 0 Å². The molecule has 0 aromatic heterocycles. The molecule has 0 bridgehead atoms. The molecule has 2 amide bonds. The van der Waals surface area contributed by atoms with Crippen LogP contribution in [0.1, 0.15) is 18.4 Å². The minimum absolute atomic E-state index is 0.0448. The first kappa shape index (κ1) is 16.5. The lowest BCUT2D eigenvalue weighted by molar-refractivity contribution is -0.135. The monoisotopic (exact) mass is 346 g/mol. The van der Waals surface area contributed by atoms with Crippen molar-refractivity contribution in [1.29, 1.82) is 0 Å². The van der Waals surface area contributed by atoms with Crippen molar-refractivity contribution in [3.05, 3.63) is 35.6 Å². The van der Waals surface area contributed by atoms with Gasteiger partial charge in [0, 0.05) is 31.0 Å². The molecule has 4 rings (SSSR count). The van der Waals surface area contributed by atoms with E-state index in [0.717, 1.165) is 5.56 Å². The summed E-state index contributed by atoms with van der Waals surface area (Å²) in [5.41, 5.74) is 0.800. The Morgan fingerprint density at radius 2 is 1.84 bits per heavy atom. The third-order valence-electron chi connectivity index (χ3n) is 5.43. The highest BCUT2D eigenvalue weighted by Gasteiger charge is 2.57. The lowest BCUT2D eigenvalue weighted by Gasteiger charge is -2.20. The average molecular weight is 346 g/mol. The van der Waals surface area contributed by atoms with Crippen LogP contribution in [-0.4, -0.2) is 49.1 Å². The molecule has 3 fully saturated rings. The normalized spacial score (nSPS) is 27.1. The van der Waals surface area contributed by atoms with E-state index in [2.05, 4.69) is 5.32 Å². The lowest BCUT2D eigenvalue weighted by atomic mass is 10.1. The number of ether oxygens (including phenoxy) is 1. The fourth-order valence-corrected chi connectivity index (χ4v) is 3.66. The molecule has 5 nitrogen and oxygen atoms in total. The van der Waals surface area contributed by atoms with E-state index in [9.17, 15) is 14.0 Å². The molecule has 2 saturated carbocycles.